The molecule has 1 aliphatic carbocycles. The van der Waals surface area contributed by atoms with E-state index in [9.17, 15) is 0 Å². The molecular formula is C16H31N3. The van der Waals surface area contributed by atoms with Crippen molar-refractivity contribution in [2.75, 3.05) is 39.8 Å². The van der Waals surface area contributed by atoms with Crippen LogP contribution >= 0.6 is 0 Å². The van der Waals surface area contributed by atoms with E-state index in [0.29, 0.717) is 6.04 Å². The second kappa shape index (κ2) is 5.71. The number of nitrogens with one attached hydrogen (secondary N) is 1. The Balaban J connectivity index is 1.67. The van der Waals surface area contributed by atoms with Crippen LogP contribution in [-0.4, -0.2) is 61.7 Å². The van der Waals surface area contributed by atoms with E-state index in [2.05, 4.69) is 36.0 Å². The lowest BCUT2D eigenvalue weighted by Gasteiger charge is -2.52. The zero-order valence-electron chi connectivity index (χ0n) is 12.9. The van der Waals surface area contributed by atoms with Crippen molar-refractivity contribution in [1.82, 2.24) is 15.1 Å². The summed E-state index contributed by atoms with van der Waals surface area (Å²) in [6.07, 6.45) is 4.29. The average molecular weight is 265 g/mol. The highest BCUT2D eigenvalue weighted by Crippen LogP contribution is 2.37. The molecule has 3 saturated heterocycles. The Morgan fingerprint density at radius 2 is 1.74 bits per heavy atom. The van der Waals surface area contributed by atoms with Gasteiger partial charge in [-0.05, 0) is 37.6 Å². The van der Waals surface area contributed by atoms with Crippen LogP contribution in [0.4, 0.5) is 0 Å². The first-order chi connectivity index (χ1) is 9.19. The summed E-state index contributed by atoms with van der Waals surface area (Å²) >= 11 is 0. The topological polar surface area (TPSA) is 18.5 Å². The van der Waals surface area contributed by atoms with Gasteiger partial charge in [-0.2, -0.15) is 0 Å². The monoisotopic (exact) mass is 265 g/mol. The molecule has 4 fully saturated rings. The largest absolute Gasteiger partial charge is 0.315 e. The zero-order valence-corrected chi connectivity index (χ0v) is 12.9. The molecule has 0 radical (unpaired) electrons. The van der Waals surface area contributed by atoms with Crippen LogP contribution in [0.1, 0.15) is 33.1 Å². The highest BCUT2D eigenvalue weighted by atomic mass is 15.4. The van der Waals surface area contributed by atoms with Crippen LogP contribution in [0.3, 0.4) is 0 Å². The highest BCUT2D eigenvalue weighted by Gasteiger charge is 2.40. The third kappa shape index (κ3) is 2.70. The minimum absolute atomic E-state index is 0.707. The molecule has 3 aliphatic heterocycles. The fraction of sp³-hybridized carbons (Fsp3) is 1.00. The van der Waals surface area contributed by atoms with Gasteiger partial charge in [-0.1, -0.05) is 20.3 Å². The number of hydrogen-bond acceptors (Lipinski definition) is 3. The number of piperazine rings is 3. The minimum atomic E-state index is 0.707. The molecule has 110 valence electrons. The Kier molecular flexibility index (Phi) is 4.16. The van der Waals surface area contributed by atoms with Crippen molar-refractivity contribution in [3.63, 3.8) is 0 Å². The van der Waals surface area contributed by atoms with Gasteiger partial charge in [0, 0.05) is 44.8 Å². The highest BCUT2D eigenvalue weighted by molar-refractivity contribution is 4.98. The smallest absolute Gasteiger partial charge is 0.0380 e. The maximum absolute atomic E-state index is 3.69. The quantitative estimate of drug-likeness (QED) is 0.837. The molecule has 5 unspecified atom stereocenters. The summed E-state index contributed by atoms with van der Waals surface area (Å²) in [5, 5.41) is 3.69. The third-order valence-electron chi connectivity index (χ3n) is 6.22. The van der Waals surface area contributed by atoms with E-state index in [-0.39, 0.29) is 0 Å². The standard InChI is InChI=1S/C16H31N3/c1-12-4-5-14(10-13(12)2)16(17-3)15-11-18-6-8-19(15)9-7-18/h12-17H,4-11H2,1-3H3. The van der Waals surface area contributed by atoms with Gasteiger partial charge in [-0.3, -0.25) is 9.80 Å². The maximum atomic E-state index is 3.69. The molecule has 0 aromatic carbocycles. The van der Waals surface area contributed by atoms with Gasteiger partial charge < -0.3 is 5.32 Å². The van der Waals surface area contributed by atoms with E-state index < -0.39 is 0 Å². The molecule has 3 heterocycles. The summed E-state index contributed by atoms with van der Waals surface area (Å²) in [5.74, 6) is 2.73. The normalized spacial score (nSPS) is 48.2. The molecule has 5 atom stereocenters. The van der Waals surface area contributed by atoms with E-state index in [0.717, 1.165) is 23.8 Å². The van der Waals surface area contributed by atoms with Crippen LogP contribution in [0.5, 0.6) is 0 Å². The Morgan fingerprint density at radius 3 is 2.26 bits per heavy atom. The fourth-order valence-electron chi connectivity index (χ4n) is 4.66. The first-order valence-corrected chi connectivity index (χ1v) is 8.32. The summed E-state index contributed by atoms with van der Waals surface area (Å²) in [4.78, 5) is 5.42. The summed E-state index contributed by atoms with van der Waals surface area (Å²) in [6, 6.07) is 1.47. The first kappa shape index (κ1) is 13.8. The molecule has 2 bridgehead atoms. The molecule has 0 amide bonds. The van der Waals surface area contributed by atoms with Crippen molar-refractivity contribution >= 4 is 0 Å². The third-order valence-corrected chi connectivity index (χ3v) is 6.22. The summed E-state index contributed by atoms with van der Waals surface area (Å²) in [7, 11) is 2.19. The molecule has 3 nitrogen and oxygen atoms in total. The van der Waals surface area contributed by atoms with E-state index in [1.807, 2.05) is 0 Å². The van der Waals surface area contributed by atoms with Crippen LogP contribution in [0.2, 0.25) is 0 Å². The predicted octanol–water partition coefficient (Wildman–Crippen LogP) is 1.65. The van der Waals surface area contributed by atoms with Crippen molar-refractivity contribution in [1.29, 1.82) is 0 Å². The summed E-state index contributed by atoms with van der Waals surface area (Å²) in [5.41, 5.74) is 0. The predicted molar refractivity (Wildman–Crippen MR) is 80.3 cm³/mol. The van der Waals surface area contributed by atoms with Gasteiger partial charge in [0.25, 0.3) is 0 Å². The maximum Gasteiger partial charge on any atom is 0.0380 e. The van der Waals surface area contributed by atoms with E-state index in [1.165, 1.54) is 52.0 Å². The van der Waals surface area contributed by atoms with Gasteiger partial charge in [0.1, 0.15) is 0 Å². The van der Waals surface area contributed by atoms with Crippen LogP contribution < -0.4 is 5.32 Å². The number of likely N-dealkylation sites (N-methyl/N-ethyl adjacent to an activating group) is 1. The Morgan fingerprint density at radius 1 is 1.00 bits per heavy atom. The minimum Gasteiger partial charge on any atom is -0.315 e. The Hall–Kier alpha value is -0.120. The van der Waals surface area contributed by atoms with Crippen molar-refractivity contribution in [3.8, 4) is 0 Å². The van der Waals surface area contributed by atoms with Gasteiger partial charge >= 0.3 is 0 Å². The summed E-state index contributed by atoms with van der Waals surface area (Å²) in [6.45, 7) is 11.4. The number of nitrogens with zero attached hydrogens (tertiary/aromatic N) is 2. The number of fused-ring (bicyclic) bond motifs is 3. The van der Waals surface area contributed by atoms with Crippen LogP contribution in [-0.2, 0) is 0 Å². The van der Waals surface area contributed by atoms with Crippen molar-refractivity contribution in [2.45, 2.75) is 45.2 Å². The SMILES string of the molecule is CNC(C1CCC(C)C(C)C1)C1CN2CCN1CC2. The lowest BCUT2D eigenvalue weighted by molar-refractivity contribution is -0.0189. The van der Waals surface area contributed by atoms with E-state index >= 15 is 0 Å². The Labute approximate surface area is 118 Å². The molecular weight excluding hydrogens is 234 g/mol. The molecule has 1 saturated carbocycles. The van der Waals surface area contributed by atoms with Gasteiger partial charge in [-0.15, -0.1) is 0 Å². The fourth-order valence-corrected chi connectivity index (χ4v) is 4.66. The lowest BCUT2D eigenvalue weighted by Crippen LogP contribution is -2.67. The number of rotatable bonds is 3. The summed E-state index contributed by atoms with van der Waals surface area (Å²) < 4.78 is 0. The van der Waals surface area contributed by atoms with E-state index in [1.54, 1.807) is 0 Å². The van der Waals surface area contributed by atoms with E-state index in [4.69, 9.17) is 0 Å². The van der Waals surface area contributed by atoms with Gasteiger partial charge in [0.15, 0.2) is 0 Å². The number of hydrogen-bond donors (Lipinski definition) is 1. The van der Waals surface area contributed by atoms with Gasteiger partial charge in [0.2, 0.25) is 0 Å². The van der Waals surface area contributed by atoms with Crippen molar-refractivity contribution in [3.05, 3.63) is 0 Å². The molecule has 3 heteroatoms. The molecule has 1 N–H and O–H groups in total. The second-order valence-electron chi connectivity index (χ2n) is 7.25. The zero-order chi connectivity index (χ0) is 13.4. The van der Waals surface area contributed by atoms with Crippen molar-refractivity contribution < 1.29 is 0 Å². The van der Waals surface area contributed by atoms with Crippen molar-refractivity contribution in [2.24, 2.45) is 17.8 Å². The van der Waals surface area contributed by atoms with Gasteiger partial charge in [0.05, 0.1) is 0 Å². The lowest BCUT2D eigenvalue weighted by atomic mass is 9.71. The molecule has 0 spiro atoms. The average Bonchev–Trinajstić information content (AvgIpc) is 2.45. The molecule has 0 aromatic heterocycles. The second-order valence-corrected chi connectivity index (χ2v) is 7.25. The molecule has 4 aliphatic rings. The van der Waals surface area contributed by atoms with Gasteiger partial charge in [-0.25, -0.2) is 0 Å². The molecule has 4 rings (SSSR count). The van der Waals surface area contributed by atoms with Crippen LogP contribution in [0.15, 0.2) is 0 Å². The first-order valence-electron chi connectivity index (χ1n) is 8.32. The molecule has 19 heavy (non-hydrogen) atoms. The molecule has 0 aromatic rings. The Bertz CT molecular complexity index is 298. The van der Waals surface area contributed by atoms with Crippen LogP contribution in [0.25, 0.3) is 0 Å². The van der Waals surface area contributed by atoms with Crippen LogP contribution in [0, 0.1) is 17.8 Å².